The molecule has 0 aliphatic heterocycles. The van der Waals surface area contributed by atoms with Crippen molar-refractivity contribution >= 4 is 0 Å². The fraction of sp³-hybridized carbons (Fsp3) is 0.739. The van der Waals surface area contributed by atoms with Crippen molar-refractivity contribution in [1.82, 2.24) is 0 Å². The Balaban J connectivity index is 0. The highest BCUT2D eigenvalue weighted by Crippen LogP contribution is 2.11. The maximum absolute atomic E-state index is 2.29. The quantitative estimate of drug-likeness (QED) is 0.510. The molecule has 1 N–H and O–H groups in total. The number of nitrogens with one attached hydrogen (secondary N) is 1. The minimum atomic E-state index is 0. The molecule has 0 unspecified atom stereocenters. The summed E-state index contributed by atoms with van der Waals surface area (Å²) in [6.45, 7) is 5.68. The lowest BCUT2D eigenvalue weighted by atomic mass is 10.1. The Labute approximate surface area is 165 Å². The smallest absolute Gasteiger partial charge is 0.102 e. The first-order chi connectivity index (χ1) is 11.7. The Morgan fingerprint density at radius 1 is 0.600 bits per heavy atom. The molecule has 148 valence electrons. The van der Waals surface area contributed by atoms with Crippen LogP contribution >= 0.6 is 0 Å². The van der Waals surface area contributed by atoms with Gasteiger partial charge in [-0.05, 0) is 0 Å². The zero-order chi connectivity index (χ0) is 17.9. The van der Waals surface area contributed by atoms with E-state index < -0.39 is 0 Å². The molecule has 2 heteroatoms. The van der Waals surface area contributed by atoms with Gasteiger partial charge in [0.05, 0.1) is 14.1 Å². The Morgan fingerprint density at radius 2 is 0.960 bits per heavy atom. The van der Waals surface area contributed by atoms with Gasteiger partial charge in [0.1, 0.15) is 6.54 Å². The second kappa shape index (κ2) is 21.5. The Kier molecular flexibility index (Phi) is 23.0. The highest BCUT2D eigenvalue weighted by Gasteiger charge is 1.94. The first-order valence-electron chi connectivity index (χ1n) is 10.5. The molecule has 0 saturated heterocycles. The Bertz CT molecular complexity index is 325. The van der Waals surface area contributed by atoms with Crippen LogP contribution in [0.2, 0.25) is 0 Å². The van der Waals surface area contributed by atoms with Crippen molar-refractivity contribution in [2.45, 2.75) is 97.4 Å². The molecule has 0 heterocycles. The largest absolute Gasteiger partial charge is 1.00 e. The third-order valence-electron chi connectivity index (χ3n) is 4.36. The topological polar surface area (TPSA) is 4.44 Å². The molecule has 0 spiro atoms. The number of hydrogen-bond donors (Lipinski definition) is 1. The number of rotatable bonds is 13. The van der Waals surface area contributed by atoms with E-state index in [4.69, 9.17) is 0 Å². The van der Waals surface area contributed by atoms with Crippen LogP contribution in [-0.2, 0) is 6.54 Å². The van der Waals surface area contributed by atoms with Crippen molar-refractivity contribution in [1.29, 1.82) is 0 Å². The third kappa shape index (κ3) is 21.4. The predicted molar refractivity (Wildman–Crippen MR) is 110 cm³/mol. The summed E-state index contributed by atoms with van der Waals surface area (Å²) in [5, 5.41) is 0. The first kappa shape index (κ1) is 26.7. The molecular formula is C23H44ClN. The van der Waals surface area contributed by atoms with E-state index in [1.54, 1.807) is 0 Å². The maximum Gasteiger partial charge on any atom is 0.102 e. The Hall–Kier alpha value is -0.530. The van der Waals surface area contributed by atoms with Gasteiger partial charge >= 0.3 is 0 Å². The van der Waals surface area contributed by atoms with Crippen LogP contribution in [0.1, 0.15) is 96.5 Å². The summed E-state index contributed by atoms with van der Waals surface area (Å²) in [7, 11) is 4.32. The third-order valence-corrected chi connectivity index (χ3v) is 4.36. The van der Waals surface area contributed by atoms with Crippen LogP contribution < -0.4 is 17.3 Å². The van der Waals surface area contributed by atoms with Crippen LogP contribution in [0.4, 0.5) is 0 Å². The molecule has 0 bridgehead atoms. The van der Waals surface area contributed by atoms with Gasteiger partial charge in [0.2, 0.25) is 0 Å². The Morgan fingerprint density at radius 3 is 1.28 bits per heavy atom. The van der Waals surface area contributed by atoms with Crippen molar-refractivity contribution in [2.24, 2.45) is 0 Å². The molecule has 0 atom stereocenters. The number of unbranched alkanes of at least 4 members (excludes halogenated alkanes) is 11. The van der Waals surface area contributed by atoms with E-state index in [9.17, 15) is 0 Å². The minimum Gasteiger partial charge on any atom is -1.00 e. The molecular weight excluding hydrogens is 326 g/mol. The van der Waals surface area contributed by atoms with Crippen molar-refractivity contribution < 1.29 is 17.3 Å². The molecule has 1 nitrogen and oxygen atoms in total. The summed E-state index contributed by atoms with van der Waals surface area (Å²) in [6, 6.07) is 10.5. The van der Waals surface area contributed by atoms with E-state index in [2.05, 4.69) is 58.3 Å². The summed E-state index contributed by atoms with van der Waals surface area (Å²) in [6.07, 6.45) is 17.4. The fourth-order valence-electron chi connectivity index (χ4n) is 2.92. The summed E-state index contributed by atoms with van der Waals surface area (Å²) < 4.78 is 0. The van der Waals surface area contributed by atoms with Gasteiger partial charge in [-0.25, -0.2) is 0 Å². The second-order valence-electron chi connectivity index (χ2n) is 7.41. The van der Waals surface area contributed by atoms with Gasteiger partial charge in [-0.15, -0.1) is 0 Å². The van der Waals surface area contributed by atoms with Crippen LogP contribution in [0, 0.1) is 0 Å². The number of hydrogen-bond acceptors (Lipinski definition) is 0. The summed E-state index contributed by atoms with van der Waals surface area (Å²) in [4.78, 5) is 1.46. The summed E-state index contributed by atoms with van der Waals surface area (Å²) in [5.74, 6) is 0. The monoisotopic (exact) mass is 369 g/mol. The SMILES string of the molecule is CCCCCCCCCCCCCC.C[NH+](C)Cc1ccccc1.[Cl-]. The normalized spacial score (nSPS) is 10.1. The highest BCUT2D eigenvalue weighted by atomic mass is 35.5. The minimum absolute atomic E-state index is 0. The van der Waals surface area contributed by atoms with E-state index in [-0.39, 0.29) is 12.4 Å². The molecule has 1 rings (SSSR count). The molecule has 0 aromatic heterocycles. The number of halogens is 1. The first-order valence-corrected chi connectivity index (χ1v) is 10.5. The van der Waals surface area contributed by atoms with Crippen molar-refractivity contribution in [3.8, 4) is 0 Å². The van der Waals surface area contributed by atoms with Gasteiger partial charge in [-0.2, -0.15) is 0 Å². The summed E-state index contributed by atoms with van der Waals surface area (Å²) in [5.41, 5.74) is 1.41. The van der Waals surface area contributed by atoms with Gasteiger partial charge in [0.25, 0.3) is 0 Å². The van der Waals surface area contributed by atoms with E-state index in [1.807, 2.05) is 0 Å². The lowest BCUT2D eigenvalue weighted by molar-refractivity contribution is -0.872. The molecule has 0 amide bonds. The van der Waals surface area contributed by atoms with Crippen molar-refractivity contribution in [3.05, 3.63) is 35.9 Å². The molecule has 0 radical (unpaired) electrons. The van der Waals surface area contributed by atoms with Crippen LogP contribution in [0.5, 0.6) is 0 Å². The predicted octanol–water partition coefficient (Wildman–Crippen LogP) is 3.04. The highest BCUT2D eigenvalue weighted by molar-refractivity contribution is 5.12. The van der Waals surface area contributed by atoms with Crippen LogP contribution in [0.15, 0.2) is 30.3 Å². The van der Waals surface area contributed by atoms with Crippen LogP contribution in [-0.4, -0.2) is 14.1 Å². The van der Waals surface area contributed by atoms with E-state index >= 15 is 0 Å². The molecule has 0 aliphatic carbocycles. The van der Waals surface area contributed by atoms with Gasteiger partial charge in [-0.3, -0.25) is 0 Å². The van der Waals surface area contributed by atoms with E-state index in [1.165, 1.54) is 87.5 Å². The van der Waals surface area contributed by atoms with E-state index in [0.717, 1.165) is 6.54 Å². The maximum atomic E-state index is 2.29. The van der Waals surface area contributed by atoms with Crippen molar-refractivity contribution in [3.63, 3.8) is 0 Å². The number of benzene rings is 1. The fourth-order valence-corrected chi connectivity index (χ4v) is 2.92. The molecule has 25 heavy (non-hydrogen) atoms. The zero-order valence-electron chi connectivity index (χ0n) is 17.5. The molecule has 0 aliphatic rings. The van der Waals surface area contributed by atoms with E-state index in [0.29, 0.717) is 0 Å². The van der Waals surface area contributed by atoms with Gasteiger partial charge in [-0.1, -0.05) is 121 Å². The van der Waals surface area contributed by atoms with Gasteiger partial charge in [0.15, 0.2) is 0 Å². The van der Waals surface area contributed by atoms with Gasteiger partial charge < -0.3 is 17.3 Å². The molecule has 0 fully saturated rings. The zero-order valence-corrected chi connectivity index (χ0v) is 18.2. The second-order valence-corrected chi connectivity index (χ2v) is 7.41. The van der Waals surface area contributed by atoms with Gasteiger partial charge in [0, 0.05) is 5.56 Å². The molecule has 1 aromatic carbocycles. The average molecular weight is 370 g/mol. The summed E-state index contributed by atoms with van der Waals surface area (Å²) >= 11 is 0. The number of quaternary nitrogens is 1. The molecule has 0 saturated carbocycles. The standard InChI is InChI=1S/C14H30.C9H13N.ClH/c1-3-5-7-9-11-13-14-12-10-8-6-4-2;1-10(2)8-9-6-4-3-5-7-9;/h3-14H2,1-2H3;3-7H,8H2,1-2H3;1H. The van der Waals surface area contributed by atoms with Crippen LogP contribution in [0.25, 0.3) is 0 Å². The average Bonchev–Trinajstić information content (AvgIpc) is 2.58. The molecule has 1 aromatic rings. The van der Waals surface area contributed by atoms with Crippen molar-refractivity contribution in [2.75, 3.05) is 14.1 Å². The lowest BCUT2D eigenvalue weighted by Crippen LogP contribution is -3.04. The van der Waals surface area contributed by atoms with Crippen LogP contribution in [0.3, 0.4) is 0 Å². The lowest BCUT2D eigenvalue weighted by Gasteiger charge is -2.05.